The zero-order valence-electron chi connectivity index (χ0n) is 17.1. The third kappa shape index (κ3) is 6.98. The van der Waals surface area contributed by atoms with E-state index in [4.69, 9.17) is 9.47 Å². The zero-order valence-corrected chi connectivity index (χ0v) is 17.1. The van der Waals surface area contributed by atoms with Crippen molar-refractivity contribution in [2.45, 2.75) is 25.7 Å². The van der Waals surface area contributed by atoms with Gasteiger partial charge in [-0.2, -0.15) is 0 Å². The molecule has 1 aromatic carbocycles. The van der Waals surface area contributed by atoms with Gasteiger partial charge in [0, 0.05) is 25.0 Å². The van der Waals surface area contributed by atoms with Crippen molar-refractivity contribution in [2.75, 3.05) is 52.8 Å². The van der Waals surface area contributed by atoms with Crippen molar-refractivity contribution in [3.05, 3.63) is 36.0 Å². The number of anilines is 1. The van der Waals surface area contributed by atoms with Gasteiger partial charge in [0.1, 0.15) is 5.75 Å². The quantitative estimate of drug-likeness (QED) is 0.666. The third-order valence-corrected chi connectivity index (χ3v) is 4.63. The SMILES string of the molecule is COCCN(C(=O)CN(C)CC(=O)Nc1ccc(OC)cc1)C1=CCCCC1. The van der Waals surface area contributed by atoms with E-state index >= 15 is 0 Å². The summed E-state index contributed by atoms with van der Waals surface area (Å²) in [6.07, 6.45) is 6.33. The lowest BCUT2D eigenvalue weighted by Gasteiger charge is -2.29. The van der Waals surface area contributed by atoms with Crippen molar-refractivity contribution in [1.29, 1.82) is 0 Å². The average Bonchev–Trinajstić information content (AvgIpc) is 2.69. The van der Waals surface area contributed by atoms with Crippen LogP contribution in [0.3, 0.4) is 0 Å². The number of allylic oxidation sites excluding steroid dienone is 2. The molecule has 7 heteroatoms. The Morgan fingerprint density at radius 2 is 1.86 bits per heavy atom. The Bertz CT molecular complexity index is 673. The molecule has 1 aromatic rings. The molecular weight excluding hydrogens is 358 g/mol. The first-order valence-corrected chi connectivity index (χ1v) is 9.64. The molecule has 0 radical (unpaired) electrons. The lowest BCUT2D eigenvalue weighted by atomic mass is 10.0. The first-order chi connectivity index (χ1) is 13.5. The van der Waals surface area contributed by atoms with Crippen LogP contribution < -0.4 is 10.1 Å². The van der Waals surface area contributed by atoms with E-state index in [1.807, 2.05) is 0 Å². The Morgan fingerprint density at radius 1 is 1.11 bits per heavy atom. The highest BCUT2D eigenvalue weighted by Crippen LogP contribution is 2.21. The summed E-state index contributed by atoms with van der Waals surface area (Å²) in [5.74, 6) is 0.555. The molecule has 0 aromatic heterocycles. The summed E-state index contributed by atoms with van der Waals surface area (Å²) in [4.78, 5) is 28.6. The maximum Gasteiger partial charge on any atom is 0.240 e. The van der Waals surface area contributed by atoms with Crippen molar-refractivity contribution in [3.63, 3.8) is 0 Å². The summed E-state index contributed by atoms with van der Waals surface area (Å²) in [6, 6.07) is 7.14. The fraction of sp³-hybridized carbons (Fsp3) is 0.524. The Kier molecular flexibility index (Phi) is 8.97. The van der Waals surface area contributed by atoms with Gasteiger partial charge >= 0.3 is 0 Å². The lowest BCUT2D eigenvalue weighted by Crippen LogP contribution is -2.42. The minimum Gasteiger partial charge on any atom is -0.497 e. The van der Waals surface area contributed by atoms with E-state index in [1.165, 1.54) is 6.42 Å². The molecule has 0 heterocycles. The van der Waals surface area contributed by atoms with Crippen molar-refractivity contribution < 1.29 is 19.1 Å². The minimum absolute atomic E-state index is 0.00931. The van der Waals surface area contributed by atoms with Crippen molar-refractivity contribution in [3.8, 4) is 5.75 Å². The van der Waals surface area contributed by atoms with Crippen molar-refractivity contribution in [2.24, 2.45) is 0 Å². The lowest BCUT2D eigenvalue weighted by molar-refractivity contribution is -0.131. The fourth-order valence-electron chi connectivity index (χ4n) is 3.17. The number of methoxy groups -OCH3 is 2. The average molecular weight is 389 g/mol. The Morgan fingerprint density at radius 3 is 2.46 bits per heavy atom. The van der Waals surface area contributed by atoms with Crippen LogP contribution in [-0.4, -0.2) is 69.1 Å². The molecule has 2 amide bonds. The monoisotopic (exact) mass is 389 g/mol. The van der Waals surface area contributed by atoms with E-state index < -0.39 is 0 Å². The first-order valence-electron chi connectivity index (χ1n) is 9.64. The molecule has 0 saturated heterocycles. The molecule has 1 aliphatic carbocycles. The van der Waals surface area contributed by atoms with Crippen LogP contribution in [0.4, 0.5) is 5.69 Å². The molecule has 28 heavy (non-hydrogen) atoms. The van der Waals surface area contributed by atoms with E-state index in [9.17, 15) is 9.59 Å². The van der Waals surface area contributed by atoms with Crippen molar-refractivity contribution >= 4 is 17.5 Å². The number of benzene rings is 1. The van der Waals surface area contributed by atoms with Crippen LogP contribution in [0.25, 0.3) is 0 Å². The third-order valence-electron chi connectivity index (χ3n) is 4.63. The molecule has 0 spiro atoms. The van der Waals surface area contributed by atoms with Crippen LogP contribution >= 0.6 is 0 Å². The predicted molar refractivity (Wildman–Crippen MR) is 109 cm³/mol. The number of amides is 2. The summed E-state index contributed by atoms with van der Waals surface area (Å²) in [7, 11) is 5.00. The van der Waals surface area contributed by atoms with Gasteiger partial charge in [0.05, 0.1) is 26.8 Å². The fourth-order valence-corrected chi connectivity index (χ4v) is 3.17. The van der Waals surface area contributed by atoms with E-state index in [-0.39, 0.29) is 24.9 Å². The van der Waals surface area contributed by atoms with Gasteiger partial charge in [0.25, 0.3) is 0 Å². The van der Waals surface area contributed by atoms with Crippen LogP contribution in [0, 0.1) is 0 Å². The summed E-state index contributed by atoms with van der Waals surface area (Å²) in [5, 5.41) is 2.83. The van der Waals surface area contributed by atoms with Gasteiger partial charge in [-0.3, -0.25) is 14.5 Å². The smallest absolute Gasteiger partial charge is 0.240 e. The Labute approximate surface area is 167 Å². The molecule has 0 aliphatic heterocycles. The van der Waals surface area contributed by atoms with Gasteiger partial charge in [0.2, 0.25) is 11.8 Å². The van der Waals surface area contributed by atoms with Gasteiger partial charge in [-0.1, -0.05) is 6.08 Å². The normalized spacial score (nSPS) is 13.8. The molecule has 0 unspecified atom stereocenters. The maximum atomic E-state index is 12.8. The summed E-state index contributed by atoms with van der Waals surface area (Å²) >= 11 is 0. The Hall–Kier alpha value is -2.38. The van der Waals surface area contributed by atoms with E-state index in [0.29, 0.717) is 18.8 Å². The highest BCUT2D eigenvalue weighted by Gasteiger charge is 2.21. The topological polar surface area (TPSA) is 71.1 Å². The molecule has 7 nitrogen and oxygen atoms in total. The standard InChI is InChI=1S/C21H31N3O4/c1-23(15-20(25)22-17-9-11-19(28-3)12-10-17)16-21(26)24(13-14-27-2)18-7-5-4-6-8-18/h7,9-12H,4-6,8,13-16H2,1-3H3,(H,22,25). The van der Waals surface area contributed by atoms with Crippen LogP contribution in [0.15, 0.2) is 36.0 Å². The second kappa shape index (κ2) is 11.5. The number of nitrogens with zero attached hydrogens (tertiary/aromatic N) is 2. The van der Waals surface area contributed by atoms with E-state index in [2.05, 4.69) is 11.4 Å². The second-order valence-electron chi connectivity index (χ2n) is 6.93. The molecule has 1 aliphatic rings. The van der Waals surface area contributed by atoms with E-state index in [1.54, 1.807) is 55.3 Å². The number of rotatable bonds is 10. The number of carbonyl (C=O) groups is 2. The van der Waals surface area contributed by atoms with Crippen LogP contribution in [0.1, 0.15) is 25.7 Å². The number of hydrogen-bond acceptors (Lipinski definition) is 5. The minimum atomic E-state index is -0.166. The second-order valence-corrected chi connectivity index (χ2v) is 6.93. The van der Waals surface area contributed by atoms with Gasteiger partial charge < -0.3 is 19.7 Å². The van der Waals surface area contributed by atoms with E-state index in [0.717, 1.165) is 30.7 Å². The molecule has 154 valence electrons. The largest absolute Gasteiger partial charge is 0.497 e. The Balaban J connectivity index is 1.87. The van der Waals surface area contributed by atoms with Gasteiger partial charge in [-0.25, -0.2) is 0 Å². The van der Waals surface area contributed by atoms with Gasteiger partial charge in [-0.15, -0.1) is 0 Å². The molecule has 2 rings (SSSR count). The molecule has 0 atom stereocenters. The van der Waals surface area contributed by atoms with Crippen LogP contribution in [0.2, 0.25) is 0 Å². The van der Waals surface area contributed by atoms with Crippen molar-refractivity contribution in [1.82, 2.24) is 9.80 Å². The molecular formula is C21H31N3O4. The van der Waals surface area contributed by atoms with Gasteiger partial charge in [-0.05, 0) is 57.0 Å². The maximum absolute atomic E-state index is 12.8. The van der Waals surface area contributed by atoms with Crippen LogP contribution in [-0.2, 0) is 14.3 Å². The number of hydrogen-bond donors (Lipinski definition) is 1. The highest BCUT2D eigenvalue weighted by molar-refractivity contribution is 5.92. The summed E-state index contributed by atoms with van der Waals surface area (Å²) in [5.41, 5.74) is 1.77. The van der Waals surface area contributed by atoms with Crippen LogP contribution in [0.5, 0.6) is 5.75 Å². The number of ether oxygens (including phenoxy) is 2. The number of nitrogens with one attached hydrogen (secondary N) is 1. The highest BCUT2D eigenvalue weighted by atomic mass is 16.5. The summed E-state index contributed by atoms with van der Waals surface area (Å²) < 4.78 is 10.3. The molecule has 0 saturated carbocycles. The number of carbonyl (C=O) groups excluding carboxylic acids is 2. The zero-order chi connectivity index (χ0) is 20.4. The number of likely N-dealkylation sites (N-methyl/N-ethyl adjacent to an activating group) is 1. The molecule has 1 N–H and O–H groups in total. The molecule has 0 fully saturated rings. The first kappa shape index (κ1) is 21.9. The summed E-state index contributed by atoms with van der Waals surface area (Å²) in [6.45, 7) is 1.34. The van der Waals surface area contributed by atoms with Gasteiger partial charge in [0.15, 0.2) is 0 Å². The predicted octanol–water partition coefficient (Wildman–Crippen LogP) is 2.50. The molecule has 0 bridgehead atoms.